The van der Waals surface area contributed by atoms with Crippen LogP contribution in [0.3, 0.4) is 0 Å². The van der Waals surface area contributed by atoms with E-state index in [1.54, 1.807) is 25.1 Å². The first-order valence-corrected chi connectivity index (χ1v) is 7.72. The van der Waals surface area contributed by atoms with Crippen LogP contribution < -0.4 is 4.74 Å². The Bertz CT molecular complexity index is 590. The summed E-state index contributed by atoms with van der Waals surface area (Å²) in [5, 5.41) is 9.85. The standard InChI is InChI=1S/C16H20ClNO4/c1-3-22-14-11(6-4-7-12(14)17)10-13(19)18-9-5-8-16(18,2)15(20)21/h4,6-7H,3,5,8-10H2,1-2H3,(H,20,21). The van der Waals surface area contributed by atoms with E-state index in [0.29, 0.717) is 42.3 Å². The Morgan fingerprint density at radius 3 is 2.82 bits per heavy atom. The molecule has 22 heavy (non-hydrogen) atoms. The van der Waals surface area contributed by atoms with Crippen molar-refractivity contribution >= 4 is 23.5 Å². The molecular weight excluding hydrogens is 306 g/mol. The molecule has 0 aromatic heterocycles. The van der Waals surface area contributed by atoms with Gasteiger partial charge in [0.05, 0.1) is 18.1 Å². The van der Waals surface area contributed by atoms with Gasteiger partial charge in [-0.15, -0.1) is 0 Å². The van der Waals surface area contributed by atoms with Gasteiger partial charge in [-0.2, -0.15) is 0 Å². The van der Waals surface area contributed by atoms with Gasteiger partial charge in [0, 0.05) is 12.1 Å². The van der Waals surface area contributed by atoms with Crippen LogP contribution in [0.15, 0.2) is 18.2 Å². The largest absolute Gasteiger partial charge is 0.492 e. The van der Waals surface area contributed by atoms with Crippen LogP contribution in [0.1, 0.15) is 32.3 Å². The van der Waals surface area contributed by atoms with Gasteiger partial charge in [0.15, 0.2) is 0 Å². The highest BCUT2D eigenvalue weighted by Gasteiger charge is 2.45. The van der Waals surface area contributed by atoms with Gasteiger partial charge in [-0.3, -0.25) is 4.79 Å². The van der Waals surface area contributed by atoms with E-state index in [0.717, 1.165) is 0 Å². The summed E-state index contributed by atoms with van der Waals surface area (Å²) in [4.78, 5) is 25.5. The van der Waals surface area contributed by atoms with Crippen molar-refractivity contribution in [3.8, 4) is 5.75 Å². The zero-order valence-corrected chi connectivity index (χ0v) is 13.5. The molecule has 1 aliphatic heterocycles. The van der Waals surface area contributed by atoms with E-state index >= 15 is 0 Å². The lowest BCUT2D eigenvalue weighted by Crippen LogP contribution is -2.51. The van der Waals surface area contributed by atoms with Gasteiger partial charge in [0.25, 0.3) is 0 Å². The SMILES string of the molecule is CCOc1c(Cl)cccc1CC(=O)N1CCCC1(C)C(=O)O. The van der Waals surface area contributed by atoms with Crippen LogP contribution in [-0.4, -0.2) is 40.6 Å². The monoisotopic (exact) mass is 325 g/mol. The molecule has 2 rings (SSSR count). The van der Waals surface area contributed by atoms with Crippen molar-refractivity contribution in [1.82, 2.24) is 4.90 Å². The second-order valence-corrected chi connectivity index (χ2v) is 5.97. The normalized spacial score (nSPS) is 21.0. The predicted molar refractivity (Wildman–Crippen MR) is 83.3 cm³/mol. The van der Waals surface area contributed by atoms with E-state index in [1.165, 1.54) is 4.90 Å². The number of carbonyl (C=O) groups is 2. The highest BCUT2D eigenvalue weighted by molar-refractivity contribution is 6.32. The summed E-state index contributed by atoms with van der Waals surface area (Å²) in [5.41, 5.74) is -0.444. The number of benzene rings is 1. The molecular formula is C16H20ClNO4. The number of aliphatic carboxylic acids is 1. The Morgan fingerprint density at radius 2 is 2.18 bits per heavy atom. The topological polar surface area (TPSA) is 66.8 Å². The van der Waals surface area contributed by atoms with Crippen LogP contribution in [0, 0.1) is 0 Å². The number of halogens is 1. The second-order valence-electron chi connectivity index (χ2n) is 5.57. The van der Waals surface area contributed by atoms with Gasteiger partial charge in [0.1, 0.15) is 11.3 Å². The first-order chi connectivity index (χ1) is 10.4. The maximum Gasteiger partial charge on any atom is 0.329 e. The first kappa shape index (κ1) is 16.6. The number of carbonyl (C=O) groups excluding carboxylic acids is 1. The summed E-state index contributed by atoms with van der Waals surface area (Å²) in [7, 11) is 0. The van der Waals surface area contributed by atoms with Crippen LogP contribution in [0.25, 0.3) is 0 Å². The summed E-state index contributed by atoms with van der Waals surface area (Å²) in [6.07, 6.45) is 1.25. The Labute approximate surface area is 134 Å². The van der Waals surface area contributed by atoms with E-state index in [4.69, 9.17) is 16.3 Å². The summed E-state index contributed by atoms with van der Waals surface area (Å²) in [5.74, 6) is -0.684. The molecule has 1 N–H and O–H groups in total. The van der Waals surface area contributed by atoms with Crippen molar-refractivity contribution in [2.24, 2.45) is 0 Å². The number of carboxylic acid groups (broad SMARTS) is 1. The van der Waals surface area contributed by atoms with Gasteiger partial charge in [-0.05, 0) is 32.8 Å². The molecule has 1 heterocycles. The summed E-state index contributed by atoms with van der Waals surface area (Å²) in [6.45, 7) is 4.35. The smallest absolute Gasteiger partial charge is 0.329 e. The number of hydrogen-bond acceptors (Lipinski definition) is 3. The molecule has 6 heteroatoms. The predicted octanol–water partition coefficient (Wildman–Crippen LogP) is 2.75. The van der Waals surface area contributed by atoms with Gasteiger partial charge < -0.3 is 14.7 Å². The van der Waals surface area contributed by atoms with Gasteiger partial charge in [0.2, 0.25) is 5.91 Å². The minimum Gasteiger partial charge on any atom is -0.492 e. The molecule has 1 aromatic rings. The lowest BCUT2D eigenvalue weighted by molar-refractivity contribution is -0.155. The van der Waals surface area contributed by atoms with Crippen molar-refractivity contribution in [1.29, 1.82) is 0 Å². The number of amides is 1. The molecule has 1 saturated heterocycles. The van der Waals surface area contributed by atoms with E-state index in [1.807, 2.05) is 6.92 Å². The molecule has 1 amide bonds. The Balaban J connectivity index is 2.23. The van der Waals surface area contributed by atoms with Gasteiger partial charge in [-0.1, -0.05) is 23.7 Å². The van der Waals surface area contributed by atoms with E-state index in [-0.39, 0.29) is 12.3 Å². The van der Waals surface area contributed by atoms with E-state index in [2.05, 4.69) is 0 Å². The summed E-state index contributed by atoms with van der Waals surface area (Å²) >= 11 is 6.11. The third kappa shape index (κ3) is 3.04. The zero-order chi connectivity index (χ0) is 16.3. The highest BCUT2D eigenvalue weighted by atomic mass is 35.5. The molecule has 0 aliphatic carbocycles. The molecule has 1 fully saturated rings. The van der Waals surface area contributed by atoms with Crippen molar-refractivity contribution in [3.63, 3.8) is 0 Å². The molecule has 120 valence electrons. The first-order valence-electron chi connectivity index (χ1n) is 7.34. The molecule has 0 spiro atoms. The number of hydrogen-bond donors (Lipinski definition) is 1. The maximum atomic E-state index is 12.6. The summed E-state index contributed by atoms with van der Waals surface area (Å²) < 4.78 is 5.51. The lowest BCUT2D eigenvalue weighted by Gasteiger charge is -2.31. The molecule has 5 nitrogen and oxygen atoms in total. The highest BCUT2D eigenvalue weighted by Crippen LogP contribution is 2.33. The van der Waals surface area contributed by atoms with Crippen LogP contribution in [-0.2, 0) is 16.0 Å². The van der Waals surface area contributed by atoms with Crippen molar-refractivity contribution in [2.45, 2.75) is 38.6 Å². The number of rotatable bonds is 5. The van der Waals surface area contributed by atoms with Crippen LogP contribution >= 0.6 is 11.6 Å². The summed E-state index contributed by atoms with van der Waals surface area (Å²) in [6, 6.07) is 5.24. The zero-order valence-electron chi connectivity index (χ0n) is 12.8. The third-order valence-electron chi connectivity index (χ3n) is 4.08. The van der Waals surface area contributed by atoms with Gasteiger partial charge in [-0.25, -0.2) is 4.79 Å². The molecule has 0 saturated carbocycles. The van der Waals surface area contributed by atoms with Crippen LogP contribution in [0.2, 0.25) is 5.02 Å². The van der Waals surface area contributed by atoms with E-state index in [9.17, 15) is 14.7 Å². The van der Waals surface area contributed by atoms with Crippen molar-refractivity contribution in [3.05, 3.63) is 28.8 Å². The fourth-order valence-electron chi connectivity index (χ4n) is 2.84. The average molecular weight is 326 g/mol. The van der Waals surface area contributed by atoms with Crippen LogP contribution in [0.4, 0.5) is 0 Å². The third-order valence-corrected chi connectivity index (χ3v) is 4.38. The van der Waals surface area contributed by atoms with Crippen molar-refractivity contribution < 1.29 is 19.4 Å². The Hall–Kier alpha value is -1.75. The number of likely N-dealkylation sites (tertiary alicyclic amines) is 1. The molecule has 1 aromatic carbocycles. The van der Waals surface area contributed by atoms with Gasteiger partial charge >= 0.3 is 5.97 Å². The number of para-hydroxylation sites is 1. The molecule has 1 atom stereocenters. The second kappa shape index (κ2) is 6.57. The maximum absolute atomic E-state index is 12.6. The quantitative estimate of drug-likeness (QED) is 0.904. The minimum absolute atomic E-state index is 0.0821. The van der Waals surface area contributed by atoms with Crippen molar-refractivity contribution in [2.75, 3.05) is 13.2 Å². The minimum atomic E-state index is -1.12. The average Bonchev–Trinajstić information content (AvgIpc) is 2.86. The van der Waals surface area contributed by atoms with E-state index < -0.39 is 11.5 Å². The number of nitrogens with zero attached hydrogens (tertiary/aromatic N) is 1. The lowest BCUT2D eigenvalue weighted by atomic mass is 9.98. The Morgan fingerprint density at radius 1 is 1.45 bits per heavy atom. The fraction of sp³-hybridized carbons (Fsp3) is 0.500. The Kier molecular flexibility index (Phi) is 4.96. The molecule has 1 unspecified atom stereocenters. The number of carboxylic acids is 1. The molecule has 0 radical (unpaired) electrons. The molecule has 1 aliphatic rings. The van der Waals surface area contributed by atoms with Crippen LogP contribution in [0.5, 0.6) is 5.75 Å². The fourth-order valence-corrected chi connectivity index (χ4v) is 3.09. The molecule has 0 bridgehead atoms. The number of ether oxygens (including phenoxy) is 1.